The fourth-order valence-electron chi connectivity index (χ4n) is 3.08. The second-order valence-corrected chi connectivity index (χ2v) is 8.72. The summed E-state index contributed by atoms with van der Waals surface area (Å²) in [5.74, 6) is 1.78. The van der Waals surface area contributed by atoms with Crippen molar-refractivity contribution >= 4 is 40.9 Å². The predicted molar refractivity (Wildman–Crippen MR) is 109 cm³/mol. The predicted octanol–water partition coefficient (Wildman–Crippen LogP) is 5.65. The van der Waals surface area contributed by atoms with Crippen LogP contribution in [0.1, 0.15) is 37.4 Å². The van der Waals surface area contributed by atoms with Gasteiger partial charge >= 0.3 is 0 Å². The molecular weight excluding hydrogens is 389 g/mol. The molecular formula is C20H21Cl2NO2S. The van der Waals surface area contributed by atoms with Crippen molar-refractivity contribution in [2.45, 2.75) is 37.7 Å². The molecule has 0 saturated heterocycles. The molecule has 0 aliphatic carbocycles. The number of halogens is 2. The maximum atomic E-state index is 12.5. The van der Waals surface area contributed by atoms with E-state index in [1.165, 1.54) is 11.8 Å². The lowest BCUT2D eigenvalue weighted by Gasteiger charge is -2.37. The SMILES string of the molecule is CC1(C)C[C@@H](NC(=O)CSCc2c(Cl)cccc2Cl)c2ccccc2O1. The van der Waals surface area contributed by atoms with Gasteiger partial charge in [-0.25, -0.2) is 0 Å². The van der Waals surface area contributed by atoms with E-state index in [-0.39, 0.29) is 17.6 Å². The number of hydrogen-bond donors (Lipinski definition) is 1. The molecule has 1 amide bonds. The molecule has 6 heteroatoms. The summed E-state index contributed by atoms with van der Waals surface area (Å²) in [6.07, 6.45) is 0.733. The minimum atomic E-state index is -0.315. The van der Waals surface area contributed by atoms with Crippen molar-refractivity contribution in [3.8, 4) is 5.75 Å². The molecule has 2 aromatic carbocycles. The Kier molecular flexibility index (Phi) is 6.06. The third-order valence-electron chi connectivity index (χ3n) is 4.25. The standard InChI is InChI=1S/C20H21Cl2NO2S/c1-20(2)10-17(13-6-3-4-9-18(13)25-20)23-19(24)12-26-11-14-15(21)7-5-8-16(14)22/h3-9,17H,10-12H2,1-2H3,(H,23,24)/t17-/m1/s1. The van der Waals surface area contributed by atoms with Crippen molar-refractivity contribution in [1.82, 2.24) is 5.32 Å². The third kappa shape index (κ3) is 4.67. The molecule has 1 aliphatic rings. The van der Waals surface area contributed by atoms with Gasteiger partial charge in [0, 0.05) is 27.8 Å². The zero-order valence-electron chi connectivity index (χ0n) is 14.7. The van der Waals surface area contributed by atoms with Gasteiger partial charge in [-0.3, -0.25) is 4.79 Å². The number of amides is 1. The van der Waals surface area contributed by atoms with E-state index >= 15 is 0 Å². The van der Waals surface area contributed by atoms with E-state index < -0.39 is 0 Å². The Morgan fingerprint density at radius 2 is 1.88 bits per heavy atom. The van der Waals surface area contributed by atoms with Crippen LogP contribution in [-0.2, 0) is 10.5 Å². The quantitative estimate of drug-likeness (QED) is 0.693. The van der Waals surface area contributed by atoms with E-state index in [0.29, 0.717) is 21.6 Å². The Bertz CT molecular complexity index is 790. The van der Waals surface area contributed by atoms with E-state index in [1.54, 1.807) is 0 Å². The zero-order valence-corrected chi connectivity index (χ0v) is 17.0. The lowest BCUT2D eigenvalue weighted by molar-refractivity contribution is -0.119. The van der Waals surface area contributed by atoms with Gasteiger partial charge in [0.1, 0.15) is 11.4 Å². The summed E-state index contributed by atoms with van der Waals surface area (Å²) < 4.78 is 6.01. The van der Waals surface area contributed by atoms with Crippen LogP contribution >= 0.6 is 35.0 Å². The Morgan fingerprint density at radius 3 is 2.62 bits per heavy atom. The van der Waals surface area contributed by atoms with Gasteiger partial charge in [-0.15, -0.1) is 11.8 Å². The summed E-state index contributed by atoms with van der Waals surface area (Å²) in [6.45, 7) is 4.08. The first-order valence-corrected chi connectivity index (χ1v) is 10.3. The maximum Gasteiger partial charge on any atom is 0.230 e. The first kappa shape index (κ1) is 19.4. The van der Waals surface area contributed by atoms with Gasteiger partial charge in [-0.1, -0.05) is 47.5 Å². The molecule has 0 radical (unpaired) electrons. The molecule has 3 nitrogen and oxygen atoms in total. The molecule has 0 saturated carbocycles. The van der Waals surface area contributed by atoms with Crippen molar-refractivity contribution in [3.05, 3.63) is 63.6 Å². The van der Waals surface area contributed by atoms with E-state index in [0.717, 1.165) is 23.3 Å². The molecule has 0 spiro atoms. The minimum absolute atomic E-state index is 0.00400. The fourth-order valence-corrected chi connectivity index (χ4v) is 4.66. The fraction of sp³-hybridized carbons (Fsp3) is 0.350. The van der Waals surface area contributed by atoms with Crippen molar-refractivity contribution in [2.75, 3.05) is 5.75 Å². The summed E-state index contributed by atoms with van der Waals surface area (Å²) in [7, 11) is 0. The van der Waals surface area contributed by atoms with Crippen LogP contribution in [0, 0.1) is 0 Å². The lowest BCUT2D eigenvalue weighted by atomic mass is 9.90. The van der Waals surface area contributed by atoms with E-state index in [2.05, 4.69) is 5.32 Å². The number of carbonyl (C=O) groups is 1. The molecule has 3 rings (SSSR count). The summed E-state index contributed by atoms with van der Waals surface area (Å²) in [6, 6.07) is 13.3. The average Bonchev–Trinajstić information content (AvgIpc) is 2.56. The summed E-state index contributed by atoms with van der Waals surface area (Å²) in [5, 5.41) is 4.40. The van der Waals surface area contributed by atoms with Crippen LogP contribution in [0.25, 0.3) is 0 Å². The number of carbonyl (C=O) groups excluding carboxylic acids is 1. The van der Waals surface area contributed by atoms with E-state index in [1.807, 2.05) is 56.3 Å². The van der Waals surface area contributed by atoms with Gasteiger partial charge in [0.25, 0.3) is 0 Å². The molecule has 138 valence electrons. The van der Waals surface area contributed by atoms with Gasteiger partial charge in [-0.05, 0) is 37.6 Å². The average molecular weight is 410 g/mol. The molecule has 0 fully saturated rings. The van der Waals surface area contributed by atoms with Gasteiger partial charge in [-0.2, -0.15) is 0 Å². The molecule has 1 heterocycles. The van der Waals surface area contributed by atoms with Crippen molar-refractivity contribution in [2.24, 2.45) is 0 Å². The van der Waals surface area contributed by atoms with Gasteiger partial charge in [0.15, 0.2) is 0 Å². The second kappa shape index (κ2) is 8.12. The normalized spacial score (nSPS) is 17.9. The largest absolute Gasteiger partial charge is 0.487 e. The number of thioether (sulfide) groups is 1. The van der Waals surface area contributed by atoms with E-state index in [9.17, 15) is 4.79 Å². The molecule has 0 aromatic heterocycles. The van der Waals surface area contributed by atoms with Crippen molar-refractivity contribution < 1.29 is 9.53 Å². The molecule has 0 unspecified atom stereocenters. The van der Waals surface area contributed by atoms with Gasteiger partial charge in [0.05, 0.1) is 11.8 Å². The van der Waals surface area contributed by atoms with Crippen LogP contribution in [0.5, 0.6) is 5.75 Å². The smallest absolute Gasteiger partial charge is 0.230 e. The highest BCUT2D eigenvalue weighted by Gasteiger charge is 2.34. The molecule has 26 heavy (non-hydrogen) atoms. The van der Waals surface area contributed by atoms with Gasteiger partial charge < -0.3 is 10.1 Å². The van der Waals surface area contributed by atoms with Crippen molar-refractivity contribution in [3.63, 3.8) is 0 Å². The van der Waals surface area contributed by atoms with E-state index in [4.69, 9.17) is 27.9 Å². The number of hydrogen-bond acceptors (Lipinski definition) is 3. The number of nitrogens with one attached hydrogen (secondary N) is 1. The number of ether oxygens (including phenoxy) is 1. The summed E-state index contributed by atoms with van der Waals surface area (Å²) in [5.41, 5.74) is 1.58. The molecule has 2 aromatic rings. The maximum absolute atomic E-state index is 12.5. The number of para-hydroxylation sites is 1. The second-order valence-electron chi connectivity index (χ2n) is 6.92. The van der Waals surface area contributed by atoms with Crippen LogP contribution in [0.2, 0.25) is 10.0 Å². The van der Waals surface area contributed by atoms with Crippen LogP contribution in [-0.4, -0.2) is 17.3 Å². The first-order valence-electron chi connectivity index (χ1n) is 8.44. The molecule has 1 atom stereocenters. The third-order valence-corrected chi connectivity index (χ3v) is 5.92. The minimum Gasteiger partial charge on any atom is -0.487 e. The lowest BCUT2D eigenvalue weighted by Crippen LogP contribution is -2.41. The molecule has 1 aliphatic heterocycles. The van der Waals surface area contributed by atoms with Gasteiger partial charge in [0.2, 0.25) is 5.91 Å². The van der Waals surface area contributed by atoms with Crippen LogP contribution in [0.15, 0.2) is 42.5 Å². The number of rotatable bonds is 5. The Labute approximate surface area is 168 Å². The van der Waals surface area contributed by atoms with Crippen LogP contribution in [0.4, 0.5) is 0 Å². The topological polar surface area (TPSA) is 38.3 Å². The van der Waals surface area contributed by atoms with Crippen LogP contribution < -0.4 is 10.1 Å². The highest BCUT2D eigenvalue weighted by molar-refractivity contribution is 7.99. The Hall–Kier alpha value is -1.36. The van der Waals surface area contributed by atoms with Crippen molar-refractivity contribution in [1.29, 1.82) is 0 Å². The summed E-state index contributed by atoms with van der Waals surface area (Å²) >= 11 is 13.9. The van der Waals surface area contributed by atoms with Crippen LogP contribution in [0.3, 0.4) is 0 Å². The Balaban J connectivity index is 1.60. The number of benzene rings is 2. The Morgan fingerprint density at radius 1 is 1.19 bits per heavy atom. The monoisotopic (exact) mass is 409 g/mol. The molecule has 0 bridgehead atoms. The highest BCUT2D eigenvalue weighted by atomic mass is 35.5. The molecule has 1 N–H and O–H groups in total. The highest BCUT2D eigenvalue weighted by Crippen LogP contribution is 2.39. The number of fused-ring (bicyclic) bond motifs is 1. The zero-order chi connectivity index (χ0) is 18.7. The summed E-state index contributed by atoms with van der Waals surface area (Å²) in [4.78, 5) is 12.5. The first-order chi connectivity index (χ1) is 12.4.